The molecule has 6 rings (SSSR count). The monoisotopic (exact) mass is 858 g/mol. The van der Waals surface area contributed by atoms with Gasteiger partial charge in [0, 0.05) is 51.0 Å². The molecule has 0 aliphatic heterocycles. The Labute approximate surface area is 370 Å². The molecular weight excluding hydrogens is 795 g/mol. The van der Waals surface area contributed by atoms with Gasteiger partial charge in [0.2, 0.25) is 23.6 Å². The van der Waals surface area contributed by atoms with E-state index in [2.05, 4.69) is 21.3 Å². The summed E-state index contributed by atoms with van der Waals surface area (Å²) >= 11 is 0. The molecule has 6 N–H and O–H groups in total. The molecule has 15 heteroatoms. The van der Waals surface area contributed by atoms with E-state index >= 15 is 0 Å². The largest absolute Gasteiger partial charge is 0.441 e. The fraction of sp³-hybridized carbons (Fsp3) is 0.458. The number of carbonyl (C=O) groups excluding carboxylic acids is 4. The van der Waals surface area contributed by atoms with Gasteiger partial charge in [-0.15, -0.1) is 0 Å². The molecule has 0 radical (unpaired) electrons. The standard InChI is InChI=1S/C48H63BN8O6/c50-39-21-33-56(34-22-39)31-11-17-41(54-45(60)47(25-7-8-26-47)43(58)52-29-19-37-13-3-1-4-14-37)62-49-63-42(18-12-32-57-35-23-40(51)24-36-57)55-46(61)48(27-9-10-28-48)44(59)53-30-20-38-15-5-2-6-16-38/h1-6,13-16,21-24,33-36,41-42,49-51H,7-12,17-20,25-32H2,(H,52,58)(H,53,59)(H,54,60)(H,55,61). The van der Waals surface area contributed by atoms with Crippen LogP contribution in [0.15, 0.2) is 110 Å². The zero-order valence-electron chi connectivity index (χ0n) is 36.3. The molecular formula is C48H63BN8O6. The van der Waals surface area contributed by atoms with E-state index in [0.717, 1.165) is 36.8 Å². The predicted molar refractivity (Wildman–Crippen MR) is 240 cm³/mol. The fourth-order valence-electron chi connectivity index (χ4n) is 8.64. The van der Waals surface area contributed by atoms with Crippen LogP contribution in [0.2, 0.25) is 0 Å². The fourth-order valence-corrected chi connectivity index (χ4v) is 8.64. The molecule has 2 aliphatic rings. The number of carbonyl (C=O) groups is 4. The summed E-state index contributed by atoms with van der Waals surface area (Å²) in [7, 11) is -0.274. The van der Waals surface area contributed by atoms with Crippen molar-refractivity contribution in [3.63, 3.8) is 0 Å². The van der Waals surface area contributed by atoms with Crippen molar-refractivity contribution in [3.05, 3.63) is 132 Å². The highest BCUT2D eigenvalue weighted by Gasteiger charge is 2.49. The molecule has 2 aromatic carbocycles. The molecule has 2 aliphatic carbocycles. The lowest BCUT2D eigenvalue weighted by molar-refractivity contribution is -0.146. The highest BCUT2D eigenvalue weighted by molar-refractivity contribution is 6.18. The highest BCUT2D eigenvalue weighted by Crippen LogP contribution is 2.40. The van der Waals surface area contributed by atoms with Crippen LogP contribution < -0.4 is 32.0 Å². The van der Waals surface area contributed by atoms with Gasteiger partial charge in [0.1, 0.15) is 23.3 Å². The molecule has 4 amide bonds. The number of benzene rings is 2. The summed E-state index contributed by atoms with van der Waals surface area (Å²) in [6, 6.07) is 26.7. The first-order chi connectivity index (χ1) is 30.6. The summed E-state index contributed by atoms with van der Waals surface area (Å²) in [4.78, 5) is 56.1. The quantitative estimate of drug-likeness (QED) is 0.0341. The average Bonchev–Trinajstić information content (AvgIpc) is 4.01. The number of amides is 4. The maximum atomic E-state index is 14.2. The molecule has 63 heavy (non-hydrogen) atoms. The summed E-state index contributed by atoms with van der Waals surface area (Å²) in [6.07, 6.45) is 13.8. The van der Waals surface area contributed by atoms with E-state index in [4.69, 9.17) is 20.1 Å². The minimum Gasteiger partial charge on any atom is -0.393 e. The third-order valence-electron chi connectivity index (χ3n) is 12.4. The van der Waals surface area contributed by atoms with Crippen LogP contribution in [0.25, 0.3) is 0 Å². The molecule has 2 atom stereocenters. The Balaban J connectivity index is 1.12. The molecule has 2 unspecified atom stereocenters. The van der Waals surface area contributed by atoms with Gasteiger partial charge in [-0.3, -0.25) is 19.2 Å². The first-order valence-corrected chi connectivity index (χ1v) is 22.6. The maximum absolute atomic E-state index is 14.2. The van der Waals surface area contributed by atoms with Crippen LogP contribution in [-0.4, -0.2) is 66.0 Å². The average molecular weight is 859 g/mol. The molecule has 2 fully saturated rings. The van der Waals surface area contributed by atoms with E-state index in [1.54, 1.807) is 24.3 Å². The van der Waals surface area contributed by atoms with Gasteiger partial charge < -0.3 is 50.5 Å². The van der Waals surface area contributed by atoms with Crippen LogP contribution in [0.1, 0.15) is 88.2 Å². The number of hydrogen-bond acceptors (Lipinski definition) is 8. The zero-order valence-corrected chi connectivity index (χ0v) is 36.3. The first-order valence-electron chi connectivity index (χ1n) is 22.6. The van der Waals surface area contributed by atoms with Crippen LogP contribution in [0.3, 0.4) is 0 Å². The second-order valence-corrected chi connectivity index (χ2v) is 16.9. The van der Waals surface area contributed by atoms with Crippen LogP contribution in [0.4, 0.5) is 0 Å². The number of hydrogen-bond donors (Lipinski definition) is 6. The minimum absolute atomic E-state index is 0.274. The lowest BCUT2D eigenvalue weighted by atomic mass is 9.83. The van der Waals surface area contributed by atoms with Gasteiger partial charge >= 0.3 is 7.69 Å². The van der Waals surface area contributed by atoms with Crippen LogP contribution in [-0.2, 0) is 54.4 Å². The van der Waals surface area contributed by atoms with Gasteiger partial charge in [0.25, 0.3) is 0 Å². The van der Waals surface area contributed by atoms with Gasteiger partial charge in [-0.05, 0) is 99.6 Å². The smallest absolute Gasteiger partial charge is 0.393 e. The number of nitrogens with one attached hydrogen (secondary N) is 6. The van der Waals surface area contributed by atoms with Gasteiger partial charge in [-0.1, -0.05) is 86.3 Å². The van der Waals surface area contributed by atoms with Crippen molar-refractivity contribution in [3.8, 4) is 0 Å². The topological polar surface area (TPSA) is 192 Å². The number of rotatable bonds is 24. The second kappa shape index (κ2) is 23.6. The Morgan fingerprint density at radius 2 is 0.921 bits per heavy atom. The molecule has 2 heterocycles. The van der Waals surface area contributed by atoms with E-state index in [1.165, 1.54) is 0 Å². The SMILES string of the molecule is N=c1ccn(CCCC(NC(=O)C2(C(=O)NCCc3ccccc3)CCCC2)OBOC(CCCn2ccc(=N)cc2)NC(=O)C2(C(=O)NCCc3ccccc3)CCCC2)cc1. The zero-order chi connectivity index (χ0) is 44.3. The van der Waals surface area contributed by atoms with Crippen molar-refractivity contribution in [2.45, 2.75) is 115 Å². The molecule has 4 aromatic rings. The Kier molecular flexibility index (Phi) is 17.5. The molecule has 14 nitrogen and oxygen atoms in total. The van der Waals surface area contributed by atoms with Crippen molar-refractivity contribution < 1.29 is 28.5 Å². The lowest BCUT2D eigenvalue weighted by Gasteiger charge is -2.31. The van der Waals surface area contributed by atoms with Crippen molar-refractivity contribution in [1.82, 2.24) is 30.4 Å². The Morgan fingerprint density at radius 1 is 0.556 bits per heavy atom. The molecule has 0 spiro atoms. The van der Waals surface area contributed by atoms with E-state index in [9.17, 15) is 19.2 Å². The molecule has 2 saturated carbocycles. The summed E-state index contributed by atoms with van der Waals surface area (Å²) in [5, 5.41) is 28.7. The summed E-state index contributed by atoms with van der Waals surface area (Å²) in [5.41, 5.74) is -0.242. The Hall–Kier alpha value is -5.80. The van der Waals surface area contributed by atoms with E-state index < -0.39 is 23.3 Å². The second-order valence-electron chi connectivity index (χ2n) is 16.9. The summed E-state index contributed by atoms with van der Waals surface area (Å²) in [6.45, 7) is 2.04. The number of nitrogens with zero attached hydrogens (tertiary/aromatic N) is 2. The number of aryl methyl sites for hydroxylation is 2. The Morgan fingerprint density at radius 3 is 1.29 bits per heavy atom. The summed E-state index contributed by atoms with van der Waals surface area (Å²) in [5.74, 6) is -1.32. The van der Waals surface area contributed by atoms with Crippen molar-refractivity contribution in [2.75, 3.05) is 13.1 Å². The maximum Gasteiger partial charge on any atom is 0.441 e. The van der Waals surface area contributed by atoms with Crippen LogP contribution in [0.5, 0.6) is 0 Å². The summed E-state index contributed by atoms with van der Waals surface area (Å²) < 4.78 is 16.5. The van der Waals surface area contributed by atoms with E-state index in [-0.39, 0.29) is 31.3 Å². The minimum atomic E-state index is -1.22. The number of aromatic nitrogens is 2. The first kappa shape index (κ1) is 46.7. The molecule has 0 bridgehead atoms. The lowest BCUT2D eigenvalue weighted by Crippen LogP contribution is -2.54. The van der Waals surface area contributed by atoms with Crippen molar-refractivity contribution >= 4 is 31.3 Å². The van der Waals surface area contributed by atoms with Gasteiger partial charge in [0.15, 0.2) is 0 Å². The number of pyridine rings is 2. The normalized spacial score (nSPS) is 16.1. The van der Waals surface area contributed by atoms with Gasteiger partial charge in [0.05, 0.1) is 10.7 Å². The Bertz CT molecular complexity index is 2010. The van der Waals surface area contributed by atoms with Crippen molar-refractivity contribution in [1.29, 1.82) is 10.8 Å². The van der Waals surface area contributed by atoms with Crippen LogP contribution >= 0.6 is 0 Å². The van der Waals surface area contributed by atoms with Crippen LogP contribution in [0, 0.1) is 21.6 Å². The molecule has 334 valence electrons. The molecule has 2 aromatic heterocycles. The van der Waals surface area contributed by atoms with E-state index in [1.807, 2.05) is 94.6 Å². The third-order valence-corrected chi connectivity index (χ3v) is 12.4. The van der Waals surface area contributed by atoms with Crippen molar-refractivity contribution in [2.24, 2.45) is 10.8 Å². The van der Waals surface area contributed by atoms with E-state index in [0.29, 0.717) is 101 Å². The predicted octanol–water partition coefficient (Wildman–Crippen LogP) is 4.53. The highest BCUT2D eigenvalue weighted by atomic mass is 16.6. The van der Waals surface area contributed by atoms with Gasteiger partial charge in [-0.25, -0.2) is 0 Å². The molecule has 0 saturated heterocycles. The third kappa shape index (κ3) is 13.6. The van der Waals surface area contributed by atoms with Gasteiger partial charge in [-0.2, -0.15) is 0 Å².